The van der Waals surface area contributed by atoms with Gasteiger partial charge in [0.15, 0.2) is 0 Å². The van der Waals surface area contributed by atoms with Crippen molar-refractivity contribution in [1.29, 1.82) is 0 Å². The van der Waals surface area contributed by atoms with Gasteiger partial charge in [0.05, 0.1) is 0 Å². The Kier molecular flexibility index (Phi) is 4.06. The van der Waals surface area contributed by atoms with Crippen LogP contribution in [0, 0.1) is 6.92 Å². The number of halogens is 1. The fourth-order valence-electron chi connectivity index (χ4n) is 1.18. The number of carbonyl (C=O) groups excluding carboxylic acids is 2. The first-order valence-corrected chi connectivity index (χ1v) is 5.57. The van der Waals surface area contributed by atoms with E-state index in [0.29, 0.717) is 5.56 Å². The van der Waals surface area contributed by atoms with Crippen LogP contribution in [0.5, 0.6) is 0 Å². The molecule has 1 aromatic carbocycles. The van der Waals surface area contributed by atoms with Crippen LogP contribution in [0.1, 0.15) is 22.8 Å². The van der Waals surface area contributed by atoms with Gasteiger partial charge >= 0.3 is 0 Å². The van der Waals surface area contributed by atoms with E-state index >= 15 is 0 Å². The zero-order chi connectivity index (χ0) is 12.3. The number of primary amides is 1. The number of nitrogens with one attached hydrogen (secondary N) is 1. The quantitative estimate of drug-likeness (QED) is 0.880. The van der Waals surface area contributed by atoms with Gasteiger partial charge in [-0.15, -0.1) is 0 Å². The van der Waals surface area contributed by atoms with E-state index in [2.05, 4.69) is 21.2 Å². The molecule has 0 radical (unpaired) electrons. The summed E-state index contributed by atoms with van der Waals surface area (Å²) < 4.78 is 0.815. The number of rotatable bonds is 3. The van der Waals surface area contributed by atoms with Crippen molar-refractivity contribution < 1.29 is 9.59 Å². The van der Waals surface area contributed by atoms with E-state index < -0.39 is 11.9 Å². The summed E-state index contributed by atoms with van der Waals surface area (Å²) in [6.07, 6.45) is 0. The highest BCUT2D eigenvalue weighted by Crippen LogP contribution is 2.15. The summed E-state index contributed by atoms with van der Waals surface area (Å²) in [5.41, 5.74) is 6.44. The minimum absolute atomic E-state index is 0.301. The van der Waals surface area contributed by atoms with Gasteiger partial charge in [0.2, 0.25) is 5.91 Å². The molecule has 86 valence electrons. The molecule has 16 heavy (non-hydrogen) atoms. The van der Waals surface area contributed by atoms with Gasteiger partial charge in [-0.05, 0) is 31.5 Å². The lowest BCUT2D eigenvalue weighted by Crippen LogP contribution is -2.42. The van der Waals surface area contributed by atoms with Crippen LogP contribution in [0.4, 0.5) is 0 Å². The Morgan fingerprint density at radius 1 is 1.44 bits per heavy atom. The summed E-state index contributed by atoms with van der Waals surface area (Å²) in [6, 6.07) is 4.71. The van der Waals surface area contributed by atoms with E-state index in [0.717, 1.165) is 10.0 Å². The van der Waals surface area contributed by atoms with Crippen LogP contribution in [0.3, 0.4) is 0 Å². The third-order valence-corrected chi connectivity index (χ3v) is 2.71. The van der Waals surface area contributed by atoms with Gasteiger partial charge in [-0.25, -0.2) is 0 Å². The molecule has 5 heteroatoms. The zero-order valence-corrected chi connectivity index (χ0v) is 10.7. The smallest absolute Gasteiger partial charge is 0.252 e. The molecule has 2 amide bonds. The van der Waals surface area contributed by atoms with Crippen LogP contribution >= 0.6 is 15.9 Å². The molecular formula is C11H13BrN2O2. The Morgan fingerprint density at radius 3 is 2.62 bits per heavy atom. The van der Waals surface area contributed by atoms with Crippen molar-refractivity contribution in [2.24, 2.45) is 5.73 Å². The molecule has 0 bridgehead atoms. The number of hydrogen-bond acceptors (Lipinski definition) is 2. The molecule has 0 fully saturated rings. The van der Waals surface area contributed by atoms with Crippen molar-refractivity contribution in [3.8, 4) is 0 Å². The maximum Gasteiger partial charge on any atom is 0.252 e. The first-order valence-electron chi connectivity index (χ1n) is 4.78. The van der Waals surface area contributed by atoms with Gasteiger partial charge in [-0.3, -0.25) is 9.59 Å². The van der Waals surface area contributed by atoms with E-state index in [1.807, 2.05) is 19.1 Å². The fraction of sp³-hybridized carbons (Fsp3) is 0.273. The van der Waals surface area contributed by atoms with Crippen molar-refractivity contribution in [3.63, 3.8) is 0 Å². The van der Waals surface area contributed by atoms with Crippen LogP contribution in [0.15, 0.2) is 22.7 Å². The second kappa shape index (κ2) is 5.12. The zero-order valence-electron chi connectivity index (χ0n) is 9.08. The van der Waals surface area contributed by atoms with Gasteiger partial charge in [0.25, 0.3) is 5.91 Å². The summed E-state index contributed by atoms with van der Waals surface area (Å²) in [7, 11) is 0. The highest BCUT2D eigenvalue weighted by atomic mass is 79.9. The highest BCUT2D eigenvalue weighted by molar-refractivity contribution is 9.10. The van der Waals surface area contributed by atoms with Crippen LogP contribution in [0.25, 0.3) is 0 Å². The van der Waals surface area contributed by atoms with Crippen LogP contribution in [-0.4, -0.2) is 17.9 Å². The normalized spacial score (nSPS) is 11.9. The first kappa shape index (κ1) is 12.7. The predicted octanol–water partition coefficient (Wildman–Crippen LogP) is 1.36. The van der Waals surface area contributed by atoms with Gasteiger partial charge in [-0.1, -0.05) is 22.0 Å². The summed E-state index contributed by atoms with van der Waals surface area (Å²) in [5, 5.41) is 2.53. The third kappa shape index (κ3) is 3.06. The Morgan fingerprint density at radius 2 is 2.06 bits per heavy atom. The Bertz CT molecular complexity index is 432. The van der Waals surface area contributed by atoms with E-state index in [-0.39, 0.29) is 5.91 Å². The maximum absolute atomic E-state index is 11.8. The highest BCUT2D eigenvalue weighted by Gasteiger charge is 2.15. The molecule has 0 heterocycles. The second-order valence-corrected chi connectivity index (χ2v) is 4.47. The number of hydrogen-bond donors (Lipinski definition) is 2. The molecule has 1 rings (SSSR count). The summed E-state index contributed by atoms with van der Waals surface area (Å²) in [5.74, 6) is -0.855. The molecule has 3 N–H and O–H groups in total. The van der Waals surface area contributed by atoms with E-state index in [4.69, 9.17) is 5.73 Å². The van der Waals surface area contributed by atoms with Gasteiger partial charge in [0.1, 0.15) is 6.04 Å². The van der Waals surface area contributed by atoms with Crippen molar-refractivity contribution >= 4 is 27.7 Å². The number of amides is 2. The molecular weight excluding hydrogens is 272 g/mol. The second-order valence-electron chi connectivity index (χ2n) is 3.56. The van der Waals surface area contributed by atoms with Crippen molar-refractivity contribution in [3.05, 3.63) is 33.8 Å². The number of nitrogens with two attached hydrogens (primary N) is 1. The largest absolute Gasteiger partial charge is 0.368 e. The molecule has 1 atom stereocenters. The number of benzene rings is 1. The molecule has 1 aromatic rings. The van der Waals surface area contributed by atoms with E-state index in [1.54, 1.807) is 13.0 Å². The summed E-state index contributed by atoms with van der Waals surface area (Å²) in [6.45, 7) is 3.38. The number of carbonyl (C=O) groups is 2. The Labute approximate surface area is 102 Å². The van der Waals surface area contributed by atoms with Crippen molar-refractivity contribution in [2.45, 2.75) is 19.9 Å². The lowest BCUT2D eigenvalue weighted by Gasteiger charge is -2.11. The monoisotopic (exact) mass is 284 g/mol. The molecule has 0 saturated heterocycles. The van der Waals surface area contributed by atoms with Crippen molar-refractivity contribution in [2.75, 3.05) is 0 Å². The standard InChI is InChI=1S/C11H13BrN2O2/c1-6-3-4-8(12)5-9(6)11(16)14-7(2)10(13)15/h3-5,7H,1-2H3,(H2,13,15)(H,14,16)/t7-/m1/s1. The summed E-state index contributed by atoms with van der Waals surface area (Å²) >= 11 is 3.29. The van der Waals surface area contributed by atoms with Crippen LogP contribution < -0.4 is 11.1 Å². The van der Waals surface area contributed by atoms with Gasteiger partial charge in [0, 0.05) is 10.0 Å². The average molecular weight is 285 g/mol. The van der Waals surface area contributed by atoms with Gasteiger partial charge < -0.3 is 11.1 Å². The molecule has 0 unspecified atom stereocenters. The molecule has 0 saturated carbocycles. The van der Waals surface area contributed by atoms with E-state index in [1.165, 1.54) is 0 Å². The molecule has 4 nitrogen and oxygen atoms in total. The molecule has 0 aromatic heterocycles. The minimum atomic E-state index is -0.675. The van der Waals surface area contributed by atoms with E-state index in [9.17, 15) is 9.59 Å². The fourth-order valence-corrected chi connectivity index (χ4v) is 1.55. The topological polar surface area (TPSA) is 72.2 Å². The SMILES string of the molecule is Cc1ccc(Br)cc1C(=O)N[C@H](C)C(N)=O. The number of aryl methyl sites for hydroxylation is 1. The molecule has 0 aliphatic heterocycles. The lowest BCUT2D eigenvalue weighted by molar-refractivity contribution is -0.119. The first-order chi connectivity index (χ1) is 7.41. The minimum Gasteiger partial charge on any atom is -0.368 e. The summed E-state index contributed by atoms with van der Waals surface area (Å²) in [4.78, 5) is 22.6. The Hall–Kier alpha value is -1.36. The Balaban J connectivity index is 2.88. The third-order valence-electron chi connectivity index (χ3n) is 2.22. The van der Waals surface area contributed by atoms with Crippen LogP contribution in [-0.2, 0) is 4.79 Å². The lowest BCUT2D eigenvalue weighted by atomic mass is 10.1. The van der Waals surface area contributed by atoms with Crippen molar-refractivity contribution in [1.82, 2.24) is 5.32 Å². The molecule has 0 aliphatic rings. The molecule has 0 spiro atoms. The van der Waals surface area contributed by atoms with Crippen LogP contribution in [0.2, 0.25) is 0 Å². The molecule has 0 aliphatic carbocycles. The predicted molar refractivity (Wildman–Crippen MR) is 65.0 cm³/mol. The maximum atomic E-state index is 11.8. The van der Waals surface area contributed by atoms with Gasteiger partial charge in [-0.2, -0.15) is 0 Å². The average Bonchev–Trinajstić information content (AvgIpc) is 2.21.